The van der Waals surface area contributed by atoms with Gasteiger partial charge < -0.3 is 31.5 Å². The number of thioether (sulfide) groups is 1. The van der Waals surface area contributed by atoms with E-state index in [9.17, 15) is 25.2 Å². The van der Waals surface area contributed by atoms with Crippen LogP contribution in [0.4, 0.5) is 0 Å². The predicted molar refractivity (Wildman–Crippen MR) is 128 cm³/mol. The molecule has 6 unspecified atom stereocenters. The standard InChI is InChI=1S/C22H47N3O5S/c1-8-21(9-2,24-15(6)14(5)13-31-7)20(30)17(25-22(23,10-3)11-4)19(29)18(28)16(27)12-26/h14-19,24-29H,8-13,23H2,1-7H3. The fourth-order valence-corrected chi connectivity index (χ4v) is 4.57. The molecule has 0 aliphatic heterocycles. The van der Waals surface area contributed by atoms with E-state index in [4.69, 9.17) is 5.73 Å². The van der Waals surface area contributed by atoms with Crippen molar-refractivity contribution < 1.29 is 25.2 Å². The molecule has 0 aliphatic carbocycles. The number of rotatable bonds is 17. The largest absolute Gasteiger partial charge is 0.394 e. The van der Waals surface area contributed by atoms with Crippen molar-refractivity contribution in [1.82, 2.24) is 10.6 Å². The Labute approximate surface area is 192 Å². The SMILES string of the molecule is CCC(N)(CC)NC(C(=O)C(CC)(CC)NC(C)C(C)CSC)C(O)C(O)C(O)CO. The first kappa shape index (κ1) is 30.7. The van der Waals surface area contributed by atoms with Crippen LogP contribution in [0.15, 0.2) is 0 Å². The van der Waals surface area contributed by atoms with Gasteiger partial charge in [-0.1, -0.05) is 34.6 Å². The minimum atomic E-state index is -1.70. The van der Waals surface area contributed by atoms with E-state index in [0.717, 1.165) is 5.75 Å². The lowest BCUT2D eigenvalue weighted by Gasteiger charge is -2.43. The fraction of sp³-hybridized carbons (Fsp3) is 0.955. The summed E-state index contributed by atoms with van der Waals surface area (Å²) in [6, 6.07) is -1.18. The van der Waals surface area contributed by atoms with E-state index in [1.807, 2.05) is 40.9 Å². The predicted octanol–water partition coefficient (Wildman–Crippen LogP) is 0.600. The number of nitrogens with one attached hydrogen (secondary N) is 2. The number of carbonyl (C=O) groups excluding carboxylic acids is 1. The Morgan fingerprint density at radius 2 is 1.48 bits per heavy atom. The average molecular weight is 466 g/mol. The van der Waals surface area contributed by atoms with Crippen molar-refractivity contribution in [1.29, 1.82) is 0 Å². The lowest BCUT2D eigenvalue weighted by atomic mass is 9.79. The monoisotopic (exact) mass is 465 g/mol. The lowest BCUT2D eigenvalue weighted by Crippen LogP contribution is -2.70. The van der Waals surface area contributed by atoms with Crippen LogP contribution in [0.3, 0.4) is 0 Å². The highest BCUT2D eigenvalue weighted by atomic mass is 32.2. The van der Waals surface area contributed by atoms with E-state index in [1.54, 1.807) is 11.8 Å². The van der Waals surface area contributed by atoms with Gasteiger partial charge in [-0.3, -0.25) is 10.1 Å². The zero-order valence-electron chi connectivity index (χ0n) is 20.4. The molecule has 0 heterocycles. The van der Waals surface area contributed by atoms with Crippen molar-refractivity contribution in [2.75, 3.05) is 18.6 Å². The van der Waals surface area contributed by atoms with E-state index < -0.39 is 42.2 Å². The van der Waals surface area contributed by atoms with Gasteiger partial charge in [0.2, 0.25) is 0 Å². The molecule has 9 heteroatoms. The van der Waals surface area contributed by atoms with Gasteiger partial charge in [0, 0.05) is 6.04 Å². The number of Topliss-reactive ketones (excluding diaryl/α,β-unsaturated/α-hetero) is 1. The van der Waals surface area contributed by atoms with Crippen molar-refractivity contribution in [2.24, 2.45) is 11.7 Å². The maximum atomic E-state index is 13.9. The van der Waals surface area contributed by atoms with Crippen LogP contribution in [0.2, 0.25) is 0 Å². The molecule has 0 aliphatic rings. The van der Waals surface area contributed by atoms with E-state index >= 15 is 0 Å². The number of hydrogen-bond donors (Lipinski definition) is 7. The molecule has 0 rings (SSSR count). The fourth-order valence-electron chi connectivity index (χ4n) is 3.76. The molecule has 0 radical (unpaired) electrons. The molecule has 31 heavy (non-hydrogen) atoms. The van der Waals surface area contributed by atoms with Crippen molar-refractivity contribution in [3.05, 3.63) is 0 Å². The Bertz CT molecular complexity index is 517. The first-order chi connectivity index (χ1) is 14.4. The number of nitrogens with two attached hydrogens (primary N) is 1. The van der Waals surface area contributed by atoms with Gasteiger partial charge in [-0.25, -0.2) is 0 Å². The third kappa shape index (κ3) is 8.23. The zero-order chi connectivity index (χ0) is 24.4. The third-order valence-electron chi connectivity index (χ3n) is 6.73. The molecule has 0 aromatic carbocycles. The first-order valence-electron chi connectivity index (χ1n) is 11.4. The highest BCUT2D eigenvalue weighted by molar-refractivity contribution is 7.98. The number of carbonyl (C=O) groups is 1. The van der Waals surface area contributed by atoms with Crippen molar-refractivity contribution in [3.8, 4) is 0 Å². The van der Waals surface area contributed by atoms with Crippen LogP contribution in [-0.4, -0.2) is 86.4 Å². The Morgan fingerprint density at radius 3 is 1.87 bits per heavy atom. The van der Waals surface area contributed by atoms with Crippen LogP contribution < -0.4 is 16.4 Å². The summed E-state index contributed by atoms with van der Waals surface area (Å²) in [5, 5.41) is 47.0. The second kappa shape index (κ2) is 14.1. The molecule has 6 atom stereocenters. The Morgan fingerprint density at radius 1 is 0.968 bits per heavy atom. The molecule has 186 valence electrons. The van der Waals surface area contributed by atoms with Gasteiger partial charge in [-0.05, 0) is 50.5 Å². The minimum Gasteiger partial charge on any atom is -0.394 e. The van der Waals surface area contributed by atoms with Gasteiger partial charge >= 0.3 is 0 Å². The van der Waals surface area contributed by atoms with Crippen LogP contribution in [0.1, 0.15) is 67.2 Å². The molecule has 8 N–H and O–H groups in total. The molecule has 0 amide bonds. The summed E-state index contributed by atoms with van der Waals surface area (Å²) in [7, 11) is 0. The third-order valence-corrected chi connectivity index (χ3v) is 7.58. The number of ketones is 1. The Hall–Kier alpha value is -0.260. The van der Waals surface area contributed by atoms with Gasteiger partial charge in [0.05, 0.1) is 23.9 Å². The smallest absolute Gasteiger partial charge is 0.172 e. The number of aliphatic hydroxyl groups excluding tert-OH is 4. The molecule has 0 aromatic rings. The van der Waals surface area contributed by atoms with Crippen LogP contribution in [0.5, 0.6) is 0 Å². The molecule has 0 spiro atoms. The van der Waals surface area contributed by atoms with Crippen molar-refractivity contribution in [2.45, 2.75) is 109 Å². The lowest BCUT2D eigenvalue weighted by molar-refractivity contribution is -0.139. The molecular formula is C22H47N3O5S. The maximum Gasteiger partial charge on any atom is 0.172 e. The summed E-state index contributed by atoms with van der Waals surface area (Å²) in [5.41, 5.74) is 4.52. The highest BCUT2D eigenvalue weighted by Crippen LogP contribution is 2.25. The van der Waals surface area contributed by atoms with Gasteiger partial charge in [0.25, 0.3) is 0 Å². The van der Waals surface area contributed by atoms with Gasteiger partial charge in [-0.2, -0.15) is 11.8 Å². The summed E-state index contributed by atoms with van der Waals surface area (Å²) in [4.78, 5) is 13.9. The van der Waals surface area contributed by atoms with E-state index in [1.165, 1.54) is 0 Å². The van der Waals surface area contributed by atoms with Gasteiger partial charge in [0.15, 0.2) is 5.78 Å². The normalized spacial score (nSPS) is 18.8. The molecular weight excluding hydrogens is 418 g/mol. The van der Waals surface area contributed by atoms with Gasteiger partial charge in [-0.15, -0.1) is 0 Å². The number of hydrogen-bond acceptors (Lipinski definition) is 9. The summed E-state index contributed by atoms with van der Waals surface area (Å²) >= 11 is 1.74. The number of aliphatic hydroxyl groups is 4. The second-order valence-corrected chi connectivity index (χ2v) is 9.65. The summed E-state index contributed by atoms with van der Waals surface area (Å²) < 4.78 is 0. The highest BCUT2D eigenvalue weighted by Gasteiger charge is 2.47. The average Bonchev–Trinajstić information content (AvgIpc) is 2.78. The molecule has 0 saturated heterocycles. The molecule has 0 bridgehead atoms. The molecule has 0 saturated carbocycles. The zero-order valence-corrected chi connectivity index (χ0v) is 21.2. The minimum absolute atomic E-state index is 0.0435. The van der Waals surface area contributed by atoms with Crippen LogP contribution in [0, 0.1) is 5.92 Å². The first-order valence-corrected chi connectivity index (χ1v) is 12.8. The van der Waals surface area contributed by atoms with Crippen LogP contribution >= 0.6 is 11.8 Å². The summed E-state index contributed by atoms with van der Waals surface area (Å²) in [6.45, 7) is 11.0. The van der Waals surface area contributed by atoms with E-state index in [2.05, 4.69) is 17.6 Å². The van der Waals surface area contributed by atoms with Crippen LogP contribution in [-0.2, 0) is 4.79 Å². The Kier molecular flexibility index (Phi) is 14.0. The van der Waals surface area contributed by atoms with Crippen molar-refractivity contribution >= 4 is 17.5 Å². The van der Waals surface area contributed by atoms with Crippen LogP contribution in [0.25, 0.3) is 0 Å². The summed E-state index contributed by atoms with van der Waals surface area (Å²) in [5.74, 6) is 0.946. The quantitative estimate of drug-likeness (QED) is 0.153. The van der Waals surface area contributed by atoms with E-state index in [0.29, 0.717) is 31.6 Å². The molecule has 8 nitrogen and oxygen atoms in total. The maximum absolute atomic E-state index is 13.9. The van der Waals surface area contributed by atoms with E-state index in [-0.39, 0.29) is 11.8 Å². The second-order valence-electron chi connectivity index (χ2n) is 8.74. The van der Waals surface area contributed by atoms with Gasteiger partial charge in [0.1, 0.15) is 18.3 Å². The molecule has 0 fully saturated rings. The Balaban J connectivity index is 6.14. The van der Waals surface area contributed by atoms with Crippen molar-refractivity contribution in [3.63, 3.8) is 0 Å². The summed E-state index contributed by atoms with van der Waals surface area (Å²) in [6.07, 6.45) is -0.916. The topological polar surface area (TPSA) is 148 Å². The molecule has 0 aromatic heterocycles.